The molecular weight excluding hydrogens is 296 g/mol. The third-order valence-electron chi connectivity index (χ3n) is 4.10. The van der Waals surface area contributed by atoms with Crippen LogP contribution in [0.3, 0.4) is 0 Å². The summed E-state index contributed by atoms with van der Waals surface area (Å²) in [6.07, 6.45) is 4.52. The summed E-state index contributed by atoms with van der Waals surface area (Å²) in [6, 6.07) is 10.1. The zero-order chi connectivity index (χ0) is 17.4. The van der Waals surface area contributed by atoms with Crippen LogP contribution in [0.2, 0.25) is 0 Å². The predicted octanol–water partition coefficient (Wildman–Crippen LogP) is 4.24. The molecule has 3 aromatic rings. The molecule has 0 bridgehead atoms. The van der Waals surface area contributed by atoms with Crippen molar-refractivity contribution in [2.75, 3.05) is 0 Å². The van der Waals surface area contributed by atoms with Crippen LogP contribution in [0.5, 0.6) is 0 Å². The Kier molecular flexibility index (Phi) is 4.08. The van der Waals surface area contributed by atoms with Gasteiger partial charge in [-0.3, -0.25) is 0 Å². The lowest BCUT2D eigenvalue weighted by Crippen LogP contribution is -2.25. The smallest absolute Gasteiger partial charge is 0.134 e. The quantitative estimate of drug-likeness (QED) is 0.724. The van der Waals surface area contributed by atoms with Gasteiger partial charge in [-0.1, -0.05) is 52.8 Å². The Morgan fingerprint density at radius 3 is 2.33 bits per heavy atom. The van der Waals surface area contributed by atoms with E-state index in [2.05, 4.69) is 44.6 Å². The minimum absolute atomic E-state index is 0.0560. The van der Waals surface area contributed by atoms with E-state index in [0.29, 0.717) is 0 Å². The van der Waals surface area contributed by atoms with Crippen molar-refractivity contribution >= 4 is 10.9 Å². The number of hydrogen-bond donors (Lipinski definition) is 0. The van der Waals surface area contributed by atoms with Gasteiger partial charge in [-0.2, -0.15) is 0 Å². The molecular formula is C20H24N4. The maximum atomic E-state index is 4.76. The maximum Gasteiger partial charge on any atom is 0.134 e. The second-order valence-corrected chi connectivity index (χ2v) is 7.93. The topological polar surface area (TPSA) is 51.6 Å². The number of benzene rings is 1. The SMILES string of the molecule is CC(C)(C)c1nccc(CC(C)(C)c2ncc3ccccc3n2)n1. The van der Waals surface area contributed by atoms with Gasteiger partial charge < -0.3 is 0 Å². The monoisotopic (exact) mass is 320 g/mol. The second-order valence-electron chi connectivity index (χ2n) is 7.93. The first-order valence-electron chi connectivity index (χ1n) is 8.30. The summed E-state index contributed by atoms with van der Waals surface area (Å²) in [5.41, 5.74) is 1.75. The highest BCUT2D eigenvalue weighted by molar-refractivity contribution is 5.77. The van der Waals surface area contributed by atoms with Gasteiger partial charge in [-0.15, -0.1) is 0 Å². The fourth-order valence-electron chi connectivity index (χ4n) is 2.69. The van der Waals surface area contributed by atoms with Gasteiger partial charge in [0.1, 0.15) is 11.6 Å². The number of nitrogens with zero attached hydrogens (tertiary/aromatic N) is 4. The molecule has 1 aromatic carbocycles. The second kappa shape index (κ2) is 5.93. The number of fused-ring (bicyclic) bond motifs is 1. The van der Waals surface area contributed by atoms with E-state index in [4.69, 9.17) is 9.97 Å². The Hall–Kier alpha value is -2.36. The Bertz CT molecular complexity index is 863. The average molecular weight is 320 g/mol. The average Bonchev–Trinajstić information content (AvgIpc) is 2.53. The van der Waals surface area contributed by atoms with Gasteiger partial charge in [0.05, 0.1) is 5.52 Å². The van der Waals surface area contributed by atoms with Crippen LogP contribution in [0, 0.1) is 0 Å². The molecule has 0 spiro atoms. The molecule has 2 aromatic heterocycles. The highest BCUT2D eigenvalue weighted by atomic mass is 14.9. The summed E-state index contributed by atoms with van der Waals surface area (Å²) in [5.74, 6) is 1.72. The van der Waals surface area contributed by atoms with E-state index in [0.717, 1.165) is 34.7 Å². The van der Waals surface area contributed by atoms with E-state index in [-0.39, 0.29) is 10.8 Å². The normalized spacial score (nSPS) is 12.5. The van der Waals surface area contributed by atoms with Crippen molar-refractivity contribution in [1.29, 1.82) is 0 Å². The molecule has 4 nitrogen and oxygen atoms in total. The first kappa shape index (κ1) is 16.5. The van der Waals surface area contributed by atoms with Crippen molar-refractivity contribution in [3.05, 3.63) is 60.1 Å². The van der Waals surface area contributed by atoms with Crippen LogP contribution < -0.4 is 0 Å². The first-order valence-corrected chi connectivity index (χ1v) is 8.30. The molecule has 4 heteroatoms. The molecule has 3 rings (SSSR count). The molecule has 0 aliphatic rings. The molecule has 0 aliphatic carbocycles. The zero-order valence-corrected chi connectivity index (χ0v) is 15.0. The van der Waals surface area contributed by atoms with Crippen LogP contribution in [-0.2, 0) is 17.3 Å². The van der Waals surface area contributed by atoms with Crippen LogP contribution in [0.15, 0.2) is 42.7 Å². The molecule has 0 N–H and O–H groups in total. The summed E-state index contributed by atoms with van der Waals surface area (Å²) < 4.78 is 0. The fraction of sp³-hybridized carbons (Fsp3) is 0.400. The first-order chi connectivity index (χ1) is 11.3. The van der Waals surface area contributed by atoms with E-state index in [1.54, 1.807) is 0 Å². The fourth-order valence-corrected chi connectivity index (χ4v) is 2.69. The highest BCUT2D eigenvalue weighted by Crippen LogP contribution is 2.26. The lowest BCUT2D eigenvalue weighted by molar-refractivity contribution is 0.475. The van der Waals surface area contributed by atoms with Crippen LogP contribution in [0.25, 0.3) is 10.9 Å². The molecule has 0 atom stereocenters. The Balaban J connectivity index is 1.92. The predicted molar refractivity (Wildman–Crippen MR) is 97.0 cm³/mol. The minimum atomic E-state index is -0.201. The Morgan fingerprint density at radius 2 is 1.58 bits per heavy atom. The Morgan fingerprint density at radius 1 is 0.833 bits per heavy atom. The van der Waals surface area contributed by atoms with Gasteiger partial charge in [0.25, 0.3) is 0 Å². The zero-order valence-electron chi connectivity index (χ0n) is 15.0. The number of para-hydroxylation sites is 1. The van der Waals surface area contributed by atoms with Crippen LogP contribution >= 0.6 is 0 Å². The van der Waals surface area contributed by atoms with E-state index in [1.807, 2.05) is 42.7 Å². The van der Waals surface area contributed by atoms with Crippen molar-refractivity contribution in [2.24, 2.45) is 0 Å². The molecule has 0 amide bonds. The van der Waals surface area contributed by atoms with E-state index in [9.17, 15) is 0 Å². The molecule has 0 saturated heterocycles. The molecule has 0 saturated carbocycles. The number of hydrogen-bond acceptors (Lipinski definition) is 4. The summed E-state index contributed by atoms with van der Waals surface area (Å²) in [7, 11) is 0. The van der Waals surface area contributed by atoms with E-state index >= 15 is 0 Å². The van der Waals surface area contributed by atoms with E-state index < -0.39 is 0 Å². The lowest BCUT2D eigenvalue weighted by atomic mass is 9.86. The number of rotatable bonds is 3. The van der Waals surface area contributed by atoms with Gasteiger partial charge in [0.2, 0.25) is 0 Å². The van der Waals surface area contributed by atoms with E-state index in [1.165, 1.54) is 0 Å². The van der Waals surface area contributed by atoms with Crippen molar-refractivity contribution in [1.82, 2.24) is 19.9 Å². The third-order valence-corrected chi connectivity index (χ3v) is 4.10. The van der Waals surface area contributed by atoms with Gasteiger partial charge in [0, 0.05) is 40.7 Å². The van der Waals surface area contributed by atoms with Crippen LogP contribution in [0.1, 0.15) is 52.0 Å². The van der Waals surface area contributed by atoms with Crippen molar-refractivity contribution in [3.8, 4) is 0 Å². The van der Waals surface area contributed by atoms with Gasteiger partial charge in [0.15, 0.2) is 0 Å². The standard InChI is InChI=1S/C20H24N4/c1-19(2,3)17-21-11-10-15(23-17)12-20(4,5)18-22-13-14-8-6-7-9-16(14)24-18/h6-11,13H,12H2,1-5H3. The van der Waals surface area contributed by atoms with Crippen molar-refractivity contribution < 1.29 is 0 Å². The third kappa shape index (κ3) is 3.42. The van der Waals surface area contributed by atoms with Gasteiger partial charge >= 0.3 is 0 Å². The summed E-state index contributed by atoms with van der Waals surface area (Å²) >= 11 is 0. The summed E-state index contributed by atoms with van der Waals surface area (Å²) in [6.45, 7) is 10.7. The molecule has 0 unspecified atom stereocenters. The summed E-state index contributed by atoms with van der Waals surface area (Å²) in [4.78, 5) is 18.5. The number of aromatic nitrogens is 4. The van der Waals surface area contributed by atoms with Gasteiger partial charge in [-0.05, 0) is 12.1 Å². The lowest BCUT2D eigenvalue weighted by Gasteiger charge is -2.24. The van der Waals surface area contributed by atoms with Crippen molar-refractivity contribution in [3.63, 3.8) is 0 Å². The highest BCUT2D eigenvalue weighted by Gasteiger charge is 2.26. The molecule has 0 aliphatic heterocycles. The molecule has 0 fully saturated rings. The van der Waals surface area contributed by atoms with Crippen molar-refractivity contribution in [2.45, 2.75) is 51.9 Å². The summed E-state index contributed by atoms with van der Waals surface area (Å²) in [5, 5.41) is 1.06. The molecule has 0 radical (unpaired) electrons. The van der Waals surface area contributed by atoms with Crippen LogP contribution in [0.4, 0.5) is 0 Å². The minimum Gasteiger partial charge on any atom is -0.241 e. The molecule has 124 valence electrons. The largest absolute Gasteiger partial charge is 0.241 e. The van der Waals surface area contributed by atoms with Crippen LogP contribution in [-0.4, -0.2) is 19.9 Å². The maximum absolute atomic E-state index is 4.76. The Labute approximate surface area is 143 Å². The molecule has 2 heterocycles. The van der Waals surface area contributed by atoms with Gasteiger partial charge in [-0.25, -0.2) is 19.9 Å². The molecule has 24 heavy (non-hydrogen) atoms.